The minimum absolute atomic E-state index is 0.295. The van der Waals surface area contributed by atoms with Crippen molar-refractivity contribution in [3.8, 4) is 11.8 Å². The number of hydrogen-bond acceptors (Lipinski definition) is 5. The Morgan fingerprint density at radius 1 is 1.19 bits per heavy atom. The molecule has 2 unspecified atom stereocenters. The normalized spacial score (nSPS) is 18.5. The number of methoxy groups -OCH3 is 2. The number of rotatable bonds is 7. The lowest BCUT2D eigenvalue weighted by Crippen LogP contribution is -2.25. The summed E-state index contributed by atoms with van der Waals surface area (Å²) in [4.78, 5) is 11.7. The number of pyridine rings is 2. The van der Waals surface area contributed by atoms with Gasteiger partial charge in [-0.2, -0.15) is 0 Å². The van der Waals surface area contributed by atoms with Crippen LogP contribution in [-0.4, -0.2) is 42.2 Å². The summed E-state index contributed by atoms with van der Waals surface area (Å²) >= 11 is 0. The molecule has 0 N–H and O–H groups in total. The molecule has 3 rings (SSSR count). The maximum atomic E-state index is 5.48. The molecule has 5 nitrogen and oxygen atoms in total. The summed E-state index contributed by atoms with van der Waals surface area (Å²) in [5.74, 6) is 2.12. The molecule has 2 aromatic heterocycles. The van der Waals surface area contributed by atoms with E-state index < -0.39 is 0 Å². The van der Waals surface area contributed by atoms with E-state index >= 15 is 0 Å². The van der Waals surface area contributed by atoms with Gasteiger partial charge in [0.15, 0.2) is 0 Å². The molecule has 0 bridgehead atoms. The highest BCUT2D eigenvalue weighted by Gasteiger charge is 2.28. The van der Waals surface area contributed by atoms with E-state index in [2.05, 4.69) is 48.0 Å². The van der Waals surface area contributed by atoms with Crippen LogP contribution in [0.2, 0.25) is 0 Å². The third kappa shape index (κ3) is 4.59. The summed E-state index contributed by atoms with van der Waals surface area (Å²) in [5, 5.41) is 0. The first kappa shape index (κ1) is 19.6. The zero-order chi connectivity index (χ0) is 19.4. The number of hydrogen-bond donors (Lipinski definition) is 0. The summed E-state index contributed by atoms with van der Waals surface area (Å²) in [5.41, 5.74) is 4.58. The van der Waals surface area contributed by atoms with Gasteiger partial charge in [-0.15, -0.1) is 0 Å². The molecule has 1 saturated heterocycles. The average Bonchev–Trinajstić information content (AvgIpc) is 3.14. The third-order valence-electron chi connectivity index (χ3n) is 5.55. The van der Waals surface area contributed by atoms with Crippen molar-refractivity contribution >= 4 is 0 Å². The molecule has 0 aliphatic carbocycles. The molecular weight excluding hydrogens is 338 g/mol. The molecule has 27 heavy (non-hydrogen) atoms. The predicted molar refractivity (Wildman–Crippen MR) is 107 cm³/mol. The van der Waals surface area contributed by atoms with Gasteiger partial charge in [0.25, 0.3) is 0 Å². The zero-order valence-electron chi connectivity index (χ0n) is 17.2. The van der Waals surface area contributed by atoms with E-state index in [4.69, 9.17) is 14.5 Å². The van der Waals surface area contributed by atoms with Crippen LogP contribution in [0.1, 0.15) is 48.8 Å². The highest BCUT2D eigenvalue weighted by molar-refractivity contribution is 5.29. The van der Waals surface area contributed by atoms with Crippen molar-refractivity contribution in [2.24, 2.45) is 5.92 Å². The Labute approximate surface area is 162 Å². The maximum Gasteiger partial charge on any atom is 0.216 e. The third-order valence-corrected chi connectivity index (χ3v) is 5.55. The van der Waals surface area contributed by atoms with Crippen molar-refractivity contribution in [2.75, 3.05) is 27.3 Å². The fourth-order valence-electron chi connectivity index (χ4n) is 3.99. The van der Waals surface area contributed by atoms with Crippen LogP contribution in [0.3, 0.4) is 0 Å². The van der Waals surface area contributed by atoms with Gasteiger partial charge in [-0.1, -0.05) is 13.0 Å². The molecule has 2 atom stereocenters. The Morgan fingerprint density at radius 2 is 2.00 bits per heavy atom. The van der Waals surface area contributed by atoms with Gasteiger partial charge in [0.2, 0.25) is 11.8 Å². The largest absolute Gasteiger partial charge is 0.481 e. The molecule has 1 fully saturated rings. The van der Waals surface area contributed by atoms with E-state index in [9.17, 15) is 0 Å². The molecule has 0 aromatic carbocycles. The monoisotopic (exact) mass is 369 g/mol. The quantitative estimate of drug-likeness (QED) is 0.738. The summed E-state index contributed by atoms with van der Waals surface area (Å²) in [6, 6.07) is 8.83. The topological polar surface area (TPSA) is 47.5 Å². The predicted octanol–water partition coefficient (Wildman–Crippen LogP) is 3.99. The minimum Gasteiger partial charge on any atom is -0.481 e. The lowest BCUT2D eigenvalue weighted by Gasteiger charge is -2.24. The average molecular weight is 370 g/mol. The summed E-state index contributed by atoms with van der Waals surface area (Å²) in [6.07, 6.45) is 3.21. The van der Waals surface area contributed by atoms with Crippen molar-refractivity contribution in [1.29, 1.82) is 0 Å². The van der Waals surface area contributed by atoms with Crippen molar-refractivity contribution in [3.05, 3.63) is 46.8 Å². The second-order valence-corrected chi connectivity index (χ2v) is 7.45. The summed E-state index contributed by atoms with van der Waals surface area (Å²) in [6.45, 7) is 8.59. The number of nitrogens with zero attached hydrogens (tertiary/aromatic N) is 3. The lowest BCUT2D eigenvalue weighted by molar-refractivity contribution is 0.246. The van der Waals surface area contributed by atoms with Crippen molar-refractivity contribution in [3.63, 3.8) is 0 Å². The van der Waals surface area contributed by atoms with E-state index in [1.807, 2.05) is 6.92 Å². The van der Waals surface area contributed by atoms with Gasteiger partial charge in [0.05, 0.1) is 19.9 Å². The van der Waals surface area contributed by atoms with E-state index in [1.165, 1.54) is 12.0 Å². The standard InChI is InChI=1S/C22H31N3O2/c1-6-19-7-8-20(24-22(19)27-5)16(3)25-10-9-17(14-25)12-18-11-15(2)23-21(13-18)26-4/h7-8,11,13,16-17H,6,9-10,12,14H2,1-5H3. The van der Waals surface area contributed by atoms with Gasteiger partial charge < -0.3 is 9.47 Å². The van der Waals surface area contributed by atoms with Crippen LogP contribution >= 0.6 is 0 Å². The van der Waals surface area contributed by atoms with Gasteiger partial charge in [0.1, 0.15) is 0 Å². The number of aromatic nitrogens is 2. The molecule has 3 heterocycles. The highest BCUT2D eigenvalue weighted by atomic mass is 16.5. The highest BCUT2D eigenvalue weighted by Crippen LogP contribution is 2.30. The van der Waals surface area contributed by atoms with E-state index in [0.717, 1.165) is 48.8 Å². The van der Waals surface area contributed by atoms with Gasteiger partial charge in [-0.3, -0.25) is 4.90 Å². The van der Waals surface area contributed by atoms with Crippen molar-refractivity contribution < 1.29 is 9.47 Å². The number of aryl methyl sites for hydroxylation is 2. The van der Waals surface area contributed by atoms with E-state index in [1.54, 1.807) is 14.2 Å². The smallest absolute Gasteiger partial charge is 0.216 e. The van der Waals surface area contributed by atoms with Crippen LogP contribution in [0.25, 0.3) is 0 Å². The van der Waals surface area contributed by atoms with E-state index in [0.29, 0.717) is 17.8 Å². The van der Waals surface area contributed by atoms with Gasteiger partial charge in [-0.05, 0) is 63.3 Å². The Balaban J connectivity index is 1.66. The summed E-state index contributed by atoms with van der Waals surface area (Å²) < 4.78 is 10.8. The van der Waals surface area contributed by atoms with Crippen LogP contribution in [0.4, 0.5) is 0 Å². The van der Waals surface area contributed by atoms with Crippen molar-refractivity contribution in [2.45, 2.75) is 46.1 Å². The fourth-order valence-corrected chi connectivity index (χ4v) is 3.99. The molecule has 5 heteroatoms. The van der Waals surface area contributed by atoms with Crippen LogP contribution in [0, 0.1) is 12.8 Å². The Kier molecular flexibility index (Phi) is 6.32. The van der Waals surface area contributed by atoms with Crippen LogP contribution in [0.5, 0.6) is 11.8 Å². The molecule has 0 amide bonds. The molecule has 146 valence electrons. The molecule has 0 radical (unpaired) electrons. The summed E-state index contributed by atoms with van der Waals surface area (Å²) in [7, 11) is 3.38. The molecule has 0 spiro atoms. The SMILES string of the molecule is CCc1ccc(C(C)N2CCC(Cc3cc(C)nc(OC)c3)C2)nc1OC. The van der Waals surface area contributed by atoms with Gasteiger partial charge in [0, 0.05) is 29.9 Å². The Hall–Kier alpha value is -2.14. The molecule has 2 aromatic rings. The second-order valence-electron chi connectivity index (χ2n) is 7.45. The van der Waals surface area contributed by atoms with Gasteiger partial charge >= 0.3 is 0 Å². The zero-order valence-corrected chi connectivity index (χ0v) is 17.2. The maximum absolute atomic E-state index is 5.48. The second kappa shape index (κ2) is 8.70. The minimum atomic E-state index is 0.295. The van der Waals surface area contributed by atoms with Crippen LogP contribution < -0.4 is 9.47 Å². The first-order valence-electron chi connectivity index (χ1n) is 9.83. The Morgan fingerprint density at radius 3 is 2.70 bits per heavy atom. The van der Waals surface area contributed by atoms with Crippen molar-refractivity contribution in [1.82, 2.24) is 14.9 Å². The fraction of sp³-hybridized carbons (Fsp3) is 0.545. The van der Waals surface area contributed by atoms with Gasteiger partial charge in [-0.25, -0.2) is 9.97 Å². The first-order chi connectivity index (χ1) is 13.0. The molecule has 0 saturated carbocycles. The van der Waals surface area contributed by atoms with Crippen LogP contribution in [-0.2, 0) is 12.8 Å². The lowest BCUT2D eigenvalue weighted by atomic mass is 9.99. The molecule has 1 aliphatic rings. The number of likely N-dealkylation sites (tertiary alicyclic amines) is 1. The van der Waals surface area contributed by atoms with Crippen LogP contribution in [0.15, 0.2) is 24.3 Å². The Bertz CT molecular complexity index is 778. The number of ether oxygens (including phenoxy) is 2. The first-order valence-corrected chi connectivity index (χ1v) is 9.83. The molecular formula is C22H31N3O2. The van der Waals surface area contributed by atoms with E-state index in [-0.39, 0.29) is 0 Å². The molecule has 1 aliphatic heterocycles.